The minimum absolute atomic E-state index is 0.0308. The van der Waals surface area contributed by atoms with Crippen LogP contribution in [0.3, 0.4) is 0 Å². The zero-order chi connectivity index (χ0) is 14.0. The van der Waals surface area contributed by atoms with Crippen molar-refractivity contribution in [2.45, 2.75) is 31.9 Å². The molecule has 0 aromatic rings. The number of fused-ring (bicyclic) bond motifs is 1. The molecule has 2 amide bonds. The van der Waals surface area contributed by atoms with Crippen LogP contribution in [-0.4, -0.2) is 23.5 Å². The summed E-state index contributed by atoms with van der Waals surface area (Å²) in [5.41, 5.74) is 1.24. The van der Waals surface area contributed by atoms with Gasteiger partial charge in [-0.05, 0) is 19.4 Å². The number of carbonyl (C=O) groups is 2. The number of hydrogen-bond donors (Lipinski definition) is 1. The van der Waals surface area contributed by atoms with Gasteiger partial charge in [-0.3, -0.25) is 14.9 Å². The Bertz CT molecular complexity index is 456. The first-order valence-corrected chi connectivity index (χ1v) is 7.39. The van der Waals surface area contributed by atoms with Crippen LogP contribution in [0.25, 0.3) is 0 Å². The van der Waals surface area contributed by atoms with E-state index in [0.29, 0.717) is 0 Å². The van der Waals surface area contributed by atoms with Gasteiger partial charge >= 0.3 is 0 Å². The molecule has 1 saturated carbocycles. The highest BCUT2D eigenvalue weighted by Crippen LogP contribution is 2.55. The lowest BCUT2D eigenvalue weighted by atomic mass is 10.0. The normalized spacial score (nSPS) is 30.8. The Hall–Kier alpha value is -1.23. The SMILES string of the molecule is CCCC(=CC=C(C)OC)C1C2SC(=O)NC(=O)C21. The van der Waals surface area contributed by atoms with Crippen LogP contribution in [0.1, 0.15) is 26.7 Å². The lowest BCUT2D eigenvalue weighted by Crippen LogP contribution is -2.33. The molecule has 3 unspecified atom stereocenters. The number of nitrogens with one attached hydrogen (secondary N) is 1. The highest BCUT2D eigenvalue weighted by Gasteiger charge is 2.60. The molecule has 5 heteroatoms. The zero-order valence-electron chi connectivity index (χ0n) is 11.4. The number of amides is 2. The van der Waals surface area contributed by atoms with Gasteiger partial charge in [0, 0.05) is 11.2 Å². The fourth-order valence-electron chi connectivity index (χ4n) is 2.46. The summed E-state index contributed by atoms with van der Waals surface area (Å²) in [5.74, 6) is 0.896. The maximum absolute atomic E-state index is 11.7. The second-order valence-corrected chi connectivity index (χ2v) is 6.03. The first kappa shape index (κ1) is 14.2. The maximum atomic E-state index is 11.7. The van der Waals surface area contributed by atoms with Crippen molar-refractivity contribution < 1.29 is 14.3 Å². The molecular weight excluding hydrogens is 262 g/mol. The highest BCUT2D eigenvalue weighted by molar-refractivity contribution is 8.14. The van der Waals surface area contributed by atoms with E-state index in [4.69, 9.17) is 4.74 Å². The lowest BCUT2D eigenvalue weighted by Gasteiger charge is -2.06. The van der Waals surface area contributed by atoms with E-state index >= 15 is 0 Å². The van der Waals surface area contributed by atoms with Crippen molar-refractivity contribution in [3.63, 3.8) is 0 Å². The van der Waals surface area contributed by atoms with Gasteiger partial charge in [-0.15, -0.1) is 0 Å². The van der Waals surface area contributed by atoms with E-state index in [1.807, 2.05) is 19.1 Å². The largest absolute Gasteiger partial charge is 0.501 e. The topological polar surface area (TPSA) is 55.4 Å². The maximum Gasteiger partial charge on any atom is 0.285 e. The van der Waals surface area contributed by atoms with Gasteiger partial charge in [0.1, 0.15) is 0 Å². The smallest absolute Gasteiger partial charge is 0.285 e. The molecule has 0 aromatic carbocycles. The number of rotatable bonds is 5. The van der Waals surface area contributed by atoms with Crippen LogP contribution in [0.2, 0.25) is 0 Å². The summed E-state index contributed by atoms with van der Waals surface area (Å²) in [6.45, 7) is 4.01. The third-order valence-corrected chi connectivity index (χ3v) is 4.72. The highest BCUT2D eigenvalue weighted by atomic mass is 32.2. The molecule has 2 rings (SSSR count). The second-order valence-electron chi connectivity index (χ2n) is 4.88. The van der Waals surface area contributed by atoms with Crippen LogP contribution in [0.5, 0.6) is 0 Å². The Morgan fingerprint density at radius 3 is 2.79 bits per heavy atom. The number of ether oxygens (including phenoxy) is 1. The molecule has 1 heterocycles. The van der Waals surface area contributed by atoms with E-state index in [1.165, 1.54) is 17.3 Å². The van der Waals surface area contributed by atoms with Crippen LogP contribution in [-0.2, 0) is 9.53 Å². The third kappa shape index (κ3) is 3.03. The zero-order valence-corrected chi connectivity index (χ0v) is 12.3. The van der Waals surface area contributed by atoms with Crippen molar-refractivity contribution in [1.29, 1.82) is 0 Å². The predicted octanol–water partition coefficient (Wildman–Crippen LogP) is 2.86. The molecule has 0 bridgehead atoms. The number of allylic oxidation sites excluding steroid dienone is 4. The molecule has 2 fully saturated rings. The lowest BCUT2D eigenvalue weighted by molar-refractivity contribution is -0.121. The Labute approximate surface area is 117 Å². The molecule has 3 atom stereocenters. The molecule has 4 nitrogen and oxygen atoms in total. The minimum atomic E-state index is -0.215. The summed E-state index contributed by atoms with van der Waals surface area (Å²) in [6, 6.07) is 0. The van der Waals surface area contributed by atoms with Crippen molar-refractivity contribution >= 4 is 22.9 Å². The molecular formula is C14H19NO3S. The van der Waals surface area contributed by atoms with Crippen molar-refractivity contribution in [2.75, 3.05) is 7.11 Å². The quantitative estimate of drug-likeness (QED) is 0.622. The summed E-state index contributed by atoms with van der Waals surface area (Å²) < 4.78 is 5.11. The van der Waals surface area contributed by atoms with Gasteiger partial charge < -0.3 is 4.74 Å². The van der Waals surface area contributed by atoms with E-state index in [9.17, 15) is 9.59 Å². The van der Waals surface area contributed by atoms with E-state index in [1.54, 1.807) is 7.11 Å². The Kier molecular flexibility index (Phi) is 4.34. The van der Waals surface area contributed by atoms with Gasteiger partial charge in [0.05, 0.1) is 18.8 Å². The van der Waals surface area contributed by atoms with Crippen LogP contribution in [0.15, 0.2) is 23.5 Å². The standard InChI is InChI=1S/C14H19NO3S/c1-4-5-9(7-6-8(2)18-3)10-11-12(10)19-14(17)15-13(11)16/h6-7,10-12H,4-5H2,1-3H3,(H,15,16,17). The first-order chi connectivity index (χ1) is 9.08. The molecule has 1 aliphatic heterocycles. The van der Waals surface area contributed by atoms with Gasteiger partial charge in [-0.25, -0.2) is 0 Å². The Balaban J connectivity index is 2.14. The van der Waals surface area contributed by atoms with E-state index in [0.717, 1.165) is 18.6 Å². The molecule has 2 aliphatic rings. The first-order valence-electron chi connectivity index (χ1n) is 6.51. The molecule has 0 radical (unpaired) electrons. The summed E-state index contributed by atoms with van der Waals surface area (Å²) in [5, 5.41) is 2.31. The molecule has 1 aliphatic carbocycles. The average molecular weight is 281 g/mol. The Morgan fingerprint density at radius 2 is 2.16 bits per heavy atom. The molecule has 0 aromatic heterocycles. The van der Waals surface area contributed by atoms with Gasteiger partial charge in [-0.1, -0.05) is 36.8 Å². The number of methoxy groups -OCH3 is 1. The molecule has 0 spiro atoms. The number of hydrogen-bond acceptors (Lipinski definition) is 4. The van der Waals surface area contributed by atoms with Crippen LogP contribution >= 0.6 is 11.8 Å². The fraction of sp³-hybridized carbons (Fsp3) is 0.571. The fourth-order valence-corrected chi connectivity index (χ4v) is 3.71. The van der Waals surface area contributed by atoms with Crippen molar-refractivity contribution in [3.05, 3.63) is 23.5 Å². The Morgan fingerprint density at radius 1 is 1.42 bits per heavy atom. The summed E-state index contributed by atoms with van der Waals surface area (Å²) in [7, 11) is 1.64. The number of thioether (sulfide) groups is 1. The van der Waals surface area contributed by atoms with E-state index < -0.39 is 0 Å². The van der Waals surface area contributed by atoms with Gasteiger partial charge in [0.15, 0.2) is 0 Å². The van der Waals surface area contributed by atoms with Crippen LogP contribution in [0.4, 0.5) is 4.79 Å². The van der Waals surface area contributed by atoms with Gasteiger partial charge in [-0.2, -0.15) is 0 Å². The molecule has 1 saturated heterocycles. The van der Waals surface area contributed by atoms with Crippen LogP contribution < -0.4 is 5.32 Å². The molecule has 104 valence electrons. The second kappa shape index (κ2) is 5.82. The molecule has 1 N–H and O–H groups in total. The number of imide groups is 1. The van der Waals surface area contributed by atoms with Crippen molar-refractivity contribution in [2.24, 2.45) is 11.8 Å². The summed E-state index contributed by atoms with van der Waals surface area (Å²) in [4.78, 5) is 23.1. The van der Waals surface area contributed by atoms with E-state index in [-0.39, 0.29) is 28.2 Å². The summed E-state index contributed by atoms with van der Waals surface area (Å²) >= 11 is 1.26. The summed E-state index contributed by atoms with van der Waals surface area (Å²) in [6.07, 6.45) is 5.96. The van der Waals surface area contributed by atoms with Gasteiger partial charge in [0.25, 0.3) is 5.24 Å². The number of carbonyl (C=O) groups excluding carboxylic acids is 2. The predicted molar refractivity (Wildman–Crippen MR) is 75.7 cm³/mol. The molecule has 19 heavy (non-hydrogen) atoms. The van der Waals surface area contributed by atoms with Gasteiger partial charge in [0.2, 0.25) is 5.91 Å². The minimum Gasteiger partial charge on any atom is -0.501 e. The monoisotopic (exact) mass is 281 g/mol. The third-order valence-electron chi connectivity index (χ3n) is 3.55. The van der Waals surface area contributed by atoms with E-state index in [2.05, 4.69) is 12.2 Å². The average Bonchev–Trinajstić information content (AvgIpc) is 3.08. The van der Waals surface area contributed by atoms with Crippen molar-refractivity contribution in [1.82, 2.24) is 5.32 Å². The van der Waals surface area contributed by atoms with Crippen molar-refractivity contribution in [3.8, 4) is 0 Å². The van der Waals surface area contributed by atoms with Crippen LogP contribution in [0, 0.1) is 11.8 Å².